The van der Waals surface area contributed by atoms with E-state index >= 15 is 0 Å². The lowest BCUT2D eigenvalue weighted by Crippen LogP contribution is -2.60. The molecule has 7 heteroatoms. The van der Waals surface area contributed by atoms with Crippen molar-refractivity contribution in [1.29, 1.82) is 5.26 Å². The van der Waals surface area contributed by atoms with Crippen LogP contribution < -0.4 is 20.9 Å². The van der Waals surface area contributed by atoms with Crippen molar-refractivity contribution in [3.63, 3.8) is 0 Å². The van der Waals surface area contributed by atoms with E-state index in [-0.39, 0.29) is 0 Å². The molecule has 1 aromatic carbocycles. The first-order valence-corrected chi connectivity index (χ1v) is 13.6. The summed E-state index contributed by atoms with van der Waals surface area (Å²) >= 11 is 0. The van der Waals surface area contributed by atoms with E-state index in [0.717, 1.165) is 49.7 Å². The van der Waals surface area contributed by atoms with E-state index < -0.39 is 0 Å². The van der Waals surface area contributed by atoms with Crippen molar-refractivity contribution >= 4 is 17.3 Å². The fraction of sp³-hybridized carbons (Fsp3) is 0.433. The van der Waals surface area contributed by atoms with Crippen molar-refractivity contribution < 1.29 is 0 Å². The molecule has 7 nitrogen and oxygen atoms in total. The van der Waals surface area contributed by atoms with Crippen molar-refractivity contribution in [3.05, 3.63) is 66.4 Å². The van der Waals surface area contributed by atoms with E-state index in [0.29, 0.717) is 35.3 Å². The minimum atomic E-state index is 0.418. The smallest absolute Gasteiger partial charge is 0.129 e. The zero-order chi connectivity index (χ0) is 25.2. The van der Waals surface area contributed by atoms with Crippen molar-refractivity contribution in [2.24, 2.45) is 11.8 Å². The normalized spacial score (nSPS) is 25.8. The Hall–Kier alpha value is -3.63. The molecule has 1 saturated carbocycles. The molecule has 0 bridgehead atoms. The number of hydrogen-bond acceptors (Lipinski definition) is 7. The van der Waals surface area contributed by atoms with Crippen molar-refractivity contribution in [2.75, 3.05) is 41.7 Å². The van der Waals surface area contributed by atoms with Crippen molar-refractivity contribution in [3.8, 4) is 17.3 Å². The maximum absolute atomic E-state index is 9.20. The first kappa shape index (κ1) is 23.7. The Labute approximate surface area is 219 Å². The highest BCUT2D eigenvalue weighted by Gasteiger charge is 2.39. The number of hydrogen-bond donors (Lipinski definition) is 2. The van der Waals surface area contributed by atoms with E-state index in [9.17, 15) is 5.26 Å². The third-order valence-corrected chi connectivity index (χ3v) is 8.54. The Morgan fingerprint density at radius 2 is 1.84 bits per heavy atom. The predicted octanol–water partition coefficient (Wildman–Crippen LogP) is 4.46. The second-order valence-electron chi connectivity index (χ2n) is 10.8. The quantitative estimate of drug-likeness (QED) is 0.556. The van der Waals surface area contributed by atoms with Gasteiger partial charge in [-0.05, 0) is 73.7 Å². The zero-order valence-electron chi connectivity index (χ0n) is 21.3. The number of aromatic nitrogens is 2. The second kappa shape index (κ2) is 10.4. The van der Waals surface area contributed by atoms with Gasteiger partial charge in [0.2, 0.25) is 0 Å². The molecule has 4 unspecified atom stereocenters. The molecule has 3 aliphatic rings. The fourth-order valence-corrected chi connectivity index (χ4v) is 6.61. The molecule has 3 N–H and O–H groups in total. The lowest BCUT2D eigenvalue weighted by atomic mass is 9.80. The SMILES string of the molecule is N#Cc1ccc(N2CCC3C(CNC4CCCCC4CN3c3cc(-c4cccc(N)n4)ccn3)C2)cc1. The lowest BCUT2D eigenvalue weighted by molar-refractivity contribution is 0.202. The summed E-state index contributed by atoms with van der Waals surface area (Å²) in [6, 6.07) is 21.3. The highest BCUT2D eigenvalue weighted by molar-refractivity contribution is 5.65. The Morgan fingerprint density at radius 3 is 2.68 bits per heavy atom. The summed E-state index contributed by atoms with van der Waals surface area (Å²) in [7, 11) is 0. The lowest BCUT2D eigenvalue weighted by Gasteiger charge is -2.50. The van der Waals surface area contributed by atoms with Gasteiger partial charge < -0.3 is 20.9 Å². The van der Waals surface area contributed by atoms with Gasteiger partial charge in [0.15, 0.2) is 0 Å². The molecule has 4 heterocycles. The van der Waals surface area contributed by atoms with Crippen LogP contribution in [0.1, 0.15) is 37.7 Å². The Balaban J connectivity index is 1.31. The van der Waals surface area contributed by atoms with E-state index in [2.05, 4.69) is 44.4 Å². The number of nitrogens with zero attached hydrogens (tertiary/aromatic N) is 5. The van der Waals surface area contributed by atoms with Crippen molar-refractivity contribution in [2.45, 2.75) is 44.2 Å². The molecule has 4 atom stereocenters. The predicted molar refractivity (Wildman–Crippen MR) is 148 cm³/mol. The van der Waals surface area contributed by atoms with Crippen LogP contribution >= 0.6 is 0 Å². The van der Waals surface area contributed by atoms with Crippen LogP contribution in [0.4, 0.5) is 17.3 Å². The maximum atomic E-state index is 9.20. The Kier molecular flexibility index (Phi) is 6.67. The van der Waals surface area contributed by atoms with Gasteiger partial charge in [-0.25, -0.2) is 9.97 Å². The van der Waals surface area contributed by atoms with E-state index in [1.54, 1.807) is 0 Å². The van der Waals surface area contributed by atoms with E-state index in [1.807, 2.05) is 42.6 Å². The van der Waals surface area contributed by atoms with Crippen LogP contribution in [0.15, 0.2) is 60.8 Å². The number of nitrogens with two attached hydrogens (primary N) is 1. The molecular formula is C30H35N7. The van der Waals surface area contributed by atoms with Crippen LogP contribution in [0, 0.1) is 23.2 Å². The van der Waals surface area contributed by atoms with Crippen LogP contribution in [-0.4, -0.2) is 48.2 Å². The summed E-state index contributed by atoms with van der Waals surface area (Å²) in [5.74, 6) is 2.70. The molecule has 0 amide bonds. The molecule has 2 aromatic heterocycles. The zero-order valence-corrected chi connectivity index (χ0v) is 21.3. The summed E-state index contributed by atoms with van der Waals surface area (Å²) in [5.41, 5.74) is 9.85. The van der Waals surface area contributed by atoms with Crippen LogP contribution in [0.3, 0.4) is 0 Å². The number of pyridine rings is 2. The number of piperidine rings is 1. The molecule has 190 valence electrons. The van der Waals surface area contributed by atoms with Crippen LogP contribution in [0.5, 0.6) is 0 Å². The van der Waals surface area contributed by atoms with Gasteiger partial charge in [0.25, 0.3) is 0 Å². The van der Waals surface area contributed by atoms with E-state index in [1.165, 1.54) is 31.4 Å². The van der Waals surface area contributed by atoms with Gasteiger partial charge in [0.1, 0.15) is 11.6 Å². The van der Waals surface area contributed by atoms with Gasteiger partial charge in [-0.1, -0.05) is 18.9 Å². The van der Waals surface area contributed by atoms with Crippen LogP contribution in [0.2, 0.25) is 0 Å². The van der Waals surface area contributed by atoms with Gasteiger partial charge in [0.05, 0.1) is 17.3 Å². The summed E-state index contributed by atoms with van der Waals surface area (Å²) < 4.78 is 0. The van der Waals surface area contributed by atoms with Crippen LogP contribution in [-0.2, 0) is 0 Å². The molecule has 0 spiro atoms. The first-order valence-electron chi connectivity index (χ1n) is 13.6. The third kappa shape index (κ3) is 4.99. The minimum absolute atomic E-state index is 0.418. The van der Waals surface area contributed by atoms with Gasteiger partial charge in [-0.3, -0.25) is 0 Å². The van der Waals surface area contributed by atoms with E-state index in [4.69, 9.17) is 10.7 Å². The third-order valence-electron chi connectivity index (χ3n) is 8.54. The average molecular weight is 494 g/mol. The number of fused-ring (bicyclic) bond motifs is 2. The number of anilines is 3. The van der Waals surface area contributed by atoms with Gasteiger partial charge in [-0.15, -0.1) is 0 Å². The second-order valence-corrected chi connectivity index (χ2v) is 10.8. The summed E-state index contributed by atoms with van der Waals surface area (Å²) in [5, 5.41) is 13.2. The van der Waals surface area contributed by atoms with Gasteiger partial charge in [0, 0.05) is 61.6 Å². The summed E-state index contributed by atoms with van der Waals surface area (Å²) in [6.45, 7) is 4.05. The Morgan fingerprint density at radius 1 is 0.973 bits per heavy atom. The number of nitrogens with one attached hydrogen (secondary N) is 1. The summed E-state index contributed by atoms with van der Waals surface area (Å²) in [4.78, 5) is 14.6. The topological polar surface area (TPSA) is 94.1 Å². The average Bonchev–Trinajstić information content (AvgIpc) is 2.94. The highest BCUT2D eigenvalue weighted by atomic mass is 15.3. The molecule has 1 aliphatic carbocycles. The largest absolute Gasteiger partial charge is 0.384 e. The van der Waals surface area contributed by atoms with Crippen molar-refractivity contribution in [1.82, 2.24) is 15.3 Å². The molecule has 2 aliphatic heterocycles. The fourth-order valence-electron chi connectivity index (χ4n) is 6.61. The molecule has 3 aromatic rings. The van der Waals surface area contributed by atoms with Crippen LogP contribution in [0.25, 0.3) is 11.3 Å². The monoisotopic (exact) mass is 493 g/mol. The highest BCUT2D eigenvalue weighted by Crippen LogP contribution is 2.36. The first-order chi connectivity index (χ1) is 18.2. The number of benzene rings is 1. The summed E-state index contributed by atoms with van der Waals surface area (Å²) in [6.07, 6.45) is 8.17. The molecule has 37 heavy (non-hydrogen) atoms. The standard InChI is InChI=1S/C30H35N7/c31-17-21-8-10-25(11-9-21)36-15-13-28-24(19-36)18-34-26-5-2-1-4-23(26)20-37(28)30-16-22(12-14-33-30)27-6-3-7-29(32)35-27/h3,6-12,14,16,23-24,26,28,34H,1-2,4-5,13,15,18-20H2,(H2,32,35). The number of rotatable bonds is 3. The minimum Gasteiger partial charge on any atom is -0.384 e. The molecule has 0 radical (unpaired) electrons. The van der Waals surface area contributed by atoms with Gasteiger partial charge >= 0.3 is 0 Å². The molecule has 6 rings (SSSR count). The Bertz CT molecular complexity index is 1270. The number of nitriles is 1. The van der Waals surface area contributed by atoms with Gasteiger partial charge in [-0.2, -0.15) is 5.26 Å². The molecule has 3 fully saturated rings. The molecular weight excluding hydrogens is 458 g/mol. The number of nitrogen functional groups attached to an aromatic ring is 1. The molecule has 2 saturated heterocycles. The maximum Gasteiger partial charge on any atom is 0.129 e.